The van der Waals surface area contributed by atoms with Gasteiger partial charge in [-0.15, -0.1) is 0 Å². The smallest absolute Gasteiger partial charge is 0.340 e. The second kappa shape index (κ2) is 6.34. The van der Waals surface area contributed by atoms with Gasteiger partial charge in [-0.1, -0.05) is 23.2 Å². The first-order chi connectivity index (χ1) is 12.0. The Labute approximate surface area is 167 Å². The van der Waals surface area contributed by atoms with Crippen LogP contribution in [0.1, 0.15) is 10.4 Å². The van der Waals surface area contributed by atoms with Crippen LogP contribution in [0.15, 0.2) is 30.3 Å². The highest BCUT2D eigenvalue weighted by Crippen LogP contribution is 2.39. The molecule has 8 heteroatoms. The van der Waals surface area contributed by atoms with Gasteiger partial charge >= 0.3 is 5.97 Å². The molecule has 0 fully saturated rings. The van der Waals surface area contributed by atoms with Gasteiger partial charge < -0.3 is 14.2 Å². The molecular formula is C17H12Cl2IN3O2. The number of esters is 1. The lowest BCUT2D eigenvalue weighted by Gasteiger charge is -2.17. The molecule has 2 aromatic carbocycles. The Morgan fingerprint density at radius 1 is 1.20 bits per heavy atom. The number of benzene rings is 2. The number of aromatic nitrogens is 2. The van der Waals surface area contributed by atoms with Crippen molar-refractivity contribution in [2.75, 3.05) is 18.6 Å². The van der Waals surface area contributed by atoms with Crippen LogP contribution < -0.4 is 4.90 Å². The van der Waals surface area contributed by atoms with E-state index in [4.69, 9.17) is 27.9 Å². The van der Waals surface area contributed by atoms with Gasteiger partial charge in [0.05, 0.1) is 33.9 Å². The predicted octanol–water partition coefficient (Wildman–Crippen LogP) is 4.89. The predicted molar refractivity (Wildman–Crippen MR) is 107 cm³/mol. The van der Waals surface area contributed by atoms with Crippen LogP contribution in [0.4, 0.5) is 11.6 Å². The zero-order chi connectivity index (χ0) is 17.7. The Morgan fingerprint density at radius 2 is 2.00 bits per heavy atom. The molecule has 3 aromatic rings. The summed E-state index contributed by atoms with van der Waals surface area (Å²) in [6.07, 6.45) is 0. The normalized spacial score (nSPS) is 13.4. The zero-order valence-corrected chi connectivity index (χ0v) is 16.8. The zero-order valence-electron chi connectivity index (χ0n) is 13.1. The number of carbonyl (C=O) groups is 1. The largest absolute Gasteiger partial charge is 0.465 e. The van der Waals surface area contributed by atoms with Gasteiger partial charge in [-0.05, 0) is 52.9 Å². The number of anilines is 2. The average molecular weight is 488 g/mol. The topological polar surface area (TPSA) is 47.4 Å². The van der Waals surface area contributed by atoms with Crippen molar-refractivity contribution in [2.45, 2.75) is 6.54 Å². The van der Waals surface area contributed by atoms with Crippen LogP contribution in [0.3, 0.4) is 0 Å². The monoisotopic (exact) mass is 487 g/mol. The highest BCUT2D eigenvalue weighted by Gasteiger charge is 2.29. The van der Waals surface area contributed by atoms with E-state index in [1.807, 2.05) is 27.7 Å². The lowest BCUT2D eigenvalue weighted by molar-refractivity contribution is 0.0602. The van der Waals surface area contributed by atoms with Crippen molar-refractivity contribution in [1.82, 2.24) is 9.55 Å². The maximum atomic E-state index is 12.1. The molecule has 25 heavy (non-hydrogen) atoms. The van der Waals surface area contributed by atoms with Crippen LogP contribution in [-0.2, 0) is 11.3 Å². The van der Waals surface area contributed by atoms with Gasteiger partial charge in [0.25, 0.3) is 0 Å². The minimum absolute atomic E-state index is 0.407. The van der Waals surface area contributed by atoms with E-state index in [2.05, 4.69) is 27.6 Å². The minimum Gasteiger partial charge on any atom is -0.465 e. The number of hydrogen-bond donors (Lipinski definition) is 0. The number of halogens is 3. The number of rotatable bonds is 2. The molecular weight excluding hydrogens is 476 g/mol. The van der Waals surface area contributed by atoms with Gasteiger partial charge in [0.2, 0.25) is 5.95 Å². The molecule has 0 atom stereocenters. The van der Waals surface area contributed by atoms with Crippen LogP contribution >= 0.6 is 45.8 Å². The molecule has 128 valence electrons. The second-order valence-electron chi connectivity index (χ2n) is 5.59. The molecule has 4 rings (SSSR count). The fraction of sp³-hybridized carbons (Fsp3) is 0.176. The van der Waals surface area contributed by atoms with E-state index in [0.717, 1.165) is 15.2 Å². The fourth-order valence-corrected chi connectivity index (χ4v) is 4.27. The molecule has 2 heterocycles. The molecule has 1 aliphatic heterocycles. The van der Waals surface area contributed by atoms with Gasteiger partial charge in [0, 0.05) is 16.7 Å². The Balaban J connectivity index is 1.93. The molecule has 0 N–H and O–H groups in total. The quantitative estimate of drug-likeness (QED) is 0.381. The minimum atomic E-state index is -0.407. The first-order valence-corrected chi connectivity index (χ1v) is 9.34. The van der Waals surface area contributed by atoms with E-state index in [-0.39, 0.29) is 0 Å². The molecule has 0 radical (unpaired) electrons. The van der Waals surface area contributed by atoms with Crippen LogP contribution in [0.2, 0.25) is 10.0 Å². The van der Waals surface area contributed by atoms with Crippen molar-refractivity contribution in [2.24, 2.45) is 0 Å². The summed E-state index contributed by atoms with van der Waals surface area (Å²) in [5.74, 6) is 0.312. The number of fused-ring (bicyclic) bond motifs is 3. The van der Waals surface area contributed by atoms with Gasteiger partial charge in [-0.3, -0.25) is 0 Å². The van der Waals surface area contributed by atoms with E-state index >= 15 is 0 Å². The summed E-state index contributed by atoms with van der Waals surface area (Å²) in [5.41, 5.74) is 2.62. The third-order valence-corrected chi connectivity index (χ3v) is 5.50. The van der Waals surface area contributed by atoms with Crippen LogP contribution in [0, 0.1) is 3.57 Å². The Kier molecular flexibility index (Phi) is 4.29. The van der Waals surface area contributed by atoms with Gasteiger partial charge in [-0.2, -0.15) is 0 Å². The third kappa shape index (κ3) is 2.67. The number of ether oxygens (including phenoxy) is 1. The van der Waals surface area contributed by atoms with Crippen molar-refractivity contribution in [3.63, 3.8) is 0 Å². The van der Waals surface area contributed by atoms with E-state index in [9.17, 15) is 4.79 Å². The number of methoxy groups -OCH3 is 1. The van der Waals surface area contributed by atoms with E-state index < -0.39 is 5.97 Å². The Bertz CT molecular complexity index is 1020. The molecule has 1 aromatic heterocycles. The van der Waals surface area contributed by atoms with E-state index in [0.29, 0.717) is 39.7 Å². The third-order valence-electron chi connectivity index (χ3n) is 4.22. The number of imidazole rings is 1. The lowest BCUT2D eigenvalue weighted by atomic mass is 10.2. The van der Waals surface area contributed by atoms with Gasteiger partial charge in [0.15, 0.2) is 0 Å². The maximum Gasteiger partial charge on any atom is 0.340 e. The first-order valence-electron chi connectivity index (χ1n) is 7.51. The maximum absolute atomic E-state index is 12.1. The molecule has 5 nitrogen and oxygen atoms in total. The molecule has 0 aliphatic carbocycles. The average Bonchev–Trinajstić information content (AvgIpc) is 3.15. The molecule has 1 aliphatic rings. The fourth-order valence-electron chi connectivity index (χ4n) is 3.12. The molecule has 0 amide bonds. The standard InChI is InChI=1S/C17H12Cl2IN3O2/c1-25-16(24)10-3-4-11(18)14-15(10)23-7-6-22(17(23)21-14)13-5-2-9(20)8-12(13)19/h2-5,8H,6-7H2,1H3. The lowest BCUT2D eigenvalue weighted by Crippen LogP contribution is -2.14. The Hall–Kier alpha value is -1.51. The number of nitrogens with zero attached hydrogens (tertiary/aromatic N) is 3. The van der Waals surface area contributed by atoms with E-state index in [1.165, 1.54) is 7.11 Å². The SMILES string of the molecule is COC(=O)c1ccc(Cl)c2nc3n(c12)CCN3c1ccc(I)cc1Cl. The van der Waals surface area contributed by atoms with Gasteiger partial charge in [0.1, 0.15) is 5.52 Å². The van der Waals surface area contributed by atoms with Crippen LogP contribution in [-0.4, -0.2) is 29.2 Å². The summed E-state index contributed by atoms with van der Waals surface area (Å²) in [6, 6.07) is 9.23. The summed E-state index contributed by atoms with van der Waals surface area (Å²) in [5, 5.41) is 1.16. The number of carbonyl (C=O) groups excluding carboxylic acids is 1. The summed E-state index contributed by atoms with van der Waals surface area (Å²) >= 11 is 15.0. The molecule has 0 spiro atoms. The van der Waals surface area contributed by atoms with Crippen molar-refractivity contribution >= 4 is 74.4 Å². The highest BCUT2D eigenvalue weighted by atomic mass is 127. The van der Waals surface area contributed by atoms with Crippen LogP contribution in [0.25, 0.3) is 11.0 Å². The summed E-state index contributed by atoms with van der Waals surface area (Å²) in [7, 11) is 1.36. The van der Waals surface area contributed by atoms with Crippen molar-refractivity contribution in [3.05, 3.63) is 49.5 Å². The summed E-state index contributed by atoms with van der Waals surface area (Å²) in [4.78, 5) is 18.9. The van der Waals surface area contributed by atoms with Crippen LogP contribution in [0.5, 0.6) is 0 Å². The van der Waals surface area contributed by atoms with E-state index in [1.54, 1.807) is 12.1 Å². The molecule has 0 unspecified atom stereocenters. The number of hydrogen-bond acceptors (Lipinski definition) is 4. The summed E-state index contributed by atoms with van der Waals surface area (Å²) < 4.78 is 7.95. The first kappa shape index (κ1) is 16.9. The van der Waals surface area contributed by atoms with Crippen molar-refractivity contribution in [3.8, 4) is 0 Å². The second-order valence-corrected chi connectivity index (χ2v) is 7.65. The highest BCUT2D eigenvalue weighted by molar-refractivity contribution is 14.1. The summed E-state index contributed by atoms with van der Waals surface area (Å²) in [6.45, 7) is 1.39. The van der Waals surface area contributed by atoms with Crippen molar-refractivity contribution in [1.29, 1.82) is 0 Å². The van der Waals surface area contributed by atoms with Crippen molar-refractivity contribution < 1.29 is 9.53 Å². The molecule has 0 bridgehead atoms. The Morgan fingerprint density at radius 3 is 2.72 bits per heavy atom. The molecule has 0 saturated heterocycles. The van der Waals surface area contributed by atoms with Gasteiger partial charge in [-0.25, -0.2) is 9.78 Å². The molecule has 0 saturated carbocycles.